The van der Waals surface area contributed by atoms with Gasteiger partial charge in [-0.05, 0) is 17.7 Å². The lowest BCUT2D eigenvalue weighted by atomic mass is 9.93. The molecule has 1 unspecified atom stereocenters. The number of quaternary nitrogens is 1. The van der Waals surface area contributed by atoms with Gasteiger partial charge in [0.2, 0.25) is 0 Å². The van der Waals surface area contributed by atoms with Crippen LogP contribution >= 0.6 is 0 Å². The van der Waals surface area contributed by atoms with E-state index < -0.39 is 5.60 Å². The van der Waals surface area contributed by atoms with E-state index >= 15 is 0 Å². The standard InChI is InChI=1S/C17H18FNO/c18-16-8-6-15(7-9-16)17(20)10-11-19(13-17)12-14-4-2-1-3-5-14/h1-9,20H,10-13H2/p+1/t17-/m1/s1. The van der Waals surface area contributed by atoms with Crippen LogP contribution in [-0.4, -0.2) is 18.2 Å². The Morgan fingerprint density at radius 2 is 1.75 bits per heavy atom. The number of hydrogen-bond acceptors (Lipinski definition) is 1. The quantitative estimate of drug-likeness (QED) is 0.869. The molecule has 1 aliphatic rings. The van der Waals surface area contributed by atoms with Gasteiger partial charge in [-0.1, -0.05) is 42.5 Å². The lowest BCUT2D eigenvalue weighted by Gasteiger charge is -2.21. The molecule has 1 aliphatic heterocycles. The van der Waals surface area contributed by atoms with Crippen LogP contribution in [0.5, 0.6) is 0 Å². The van der Waals surface area contributed by atoms with Gasteiger partial charge in [-0.25, -0.2) is 4.39 Å². The first-order valence-electron chi connectivity index (χ1n) is 7.02. The van der Waals surface area contributed by atoms with Crippen LogP contribution in [0.4, 0.5) is 4.39 Å². The van der Waals surface area contributed by atoms with Crippen LogP contribution in [0.1, 0.15) is 17.5 Å². The van der Waals surface area contributed by atoms with Gasteiger partial charge in [0, 0.05) is 12.0 Å². The zero-order chi connectivity index (χ0) is 14.0. The molecule has 0 aliphatic carbocycles. The molecule has 3 heteroatoms. The van der Waals surface area contributed by atoms with Gasteiger partial charge in [0.1, 0.15) is 24.5 Å². The van der Waals surface area contributed by atoms with Crippen molar-refractivity contribution >= 4 is 0 Å². The van der Waals surface area contributed by atoms with Gasteiger partial charge < -0.3 is 10.0 Å². The topological polar surface area (TPSA) is 24.7 Å². The van der Waals surface area contributed by atoms with E-state index in [1.807, 2.05) is 18.2 Å². The van der Waals surface area contributed by atoms with Crippen LogP contribution < -0.4 is 4.90 Å². The summed E-state index contributed by atoms with van der Waals surface area (Å²) in [5.74, 6) is -0.260. The fourth-order valence-electron chi connectivity index (χ4n) is 3.02. The summed E-state index contributed by atoms with van der Waals surface area (Å²) in [6, 6.07) is 16.5. The average Bonchev–Trinajstić information content (AvgIpc) is 2.83. The van der Waals surface area contributed by atoms with Crippen molar-refractivity contribution in [1.29, 1.82) is 0 Å². The second kappa shape index (κ2) is 5.35. The van der Waals surface area contributed by atoms with Crippen LogP contribution in [-0.2, 0) is 12.1 Å². The van der Waals surface area contributed by atoms with Crippen molar-refractivity contribution in [3.8, 4) is 0 Å². The van der Waals surface area contributed by atoms with Crippen LogP contribution in [0.25, 0.3) is 0 Å². The average molecular weight is 272 g/mol. The van der Waals surface area contributed by atoms with Crippen molar-refractivity contribution in [1.82, 2.24) is 0 Å². The van der Waals surface area contributed by atoms with Gasteiger partial charge in [-0.3, -0.25) is 0 Å². The van der Waals surface area contributed by atoms with Gasteiger partial charge in [-0.2, -0.15) is 0 Å². The van der Waals surface area contributed by atoms with Crippen LogP contribution in [0.3, 0.4) is 0 Å². The molecule has 1 fully saturated rings. The van der Waals surface area contributed by atoms with Gasteiger partial charge >= 0.3 is 0 Å². The van der Waals surface area contributed by atoms with Crippen molar-refractivity contribution in [2.45, 2.75) is 18.6 Å². The SMILES string of the molecule is O[C@]1(c2ccc(F)cc2)CC[NH+](Cc2ccccc2)C1. The number of rotatable bonds is 3. The predicted octanol–water partition coefficient (Wildman–Crippen LogP) is 1.50. The van der Waals surface area contributed by atoms with E-state index in [2.05, 4.69) is 12.1 Å². The zero-order valence-electron chi connectivity index (χ0n) is 11.3. The van der Waals surface area contributed by atoms with Crippen molar-refractivity contribution in [3.63, 3.8) is 0 Å². The van der Waals surface area contributed by atoms with E-state index in [-0.39, 0.29) is 5.82 Å². The maximum atomic E-state index is 13.0. The smallest absolute Gasteiger partial charge is 0.144 e. The number of likely N-dealkylation sites (tertiary alicyclic amines) is 1. The number of aliphatic hydroxyl groups is 1. The minimum atomic E-state index is -0.822. The van der Waals surface area contributed by atoms with Gasteiger partial charge in [0.25, 0.3) is 0 Å². The van der Waals surface area contributed by atoms with Gasteiger partial charge in [-0.15, -0.1) is 0 Å². The fourth-order valence-corrected chi connectivity index (χ4v) is 3.02. The molecule has 0 spiro atoms. The molecular weight excluding hydrogens is 253 g/mol. The number of halogens is 1. The Morgan fingerprint density at radius 1 is 1.05 bits per heavy atom. The third-order valence-electron chi connectivity index (χ3n) is 4.11. The lowest BCUT2D eigenvalue weighted by Crippen LogP contribution is -3.09. The largest absolute Gasteiger partial charge is 0.379 e. The molecule has 20 heavy (non-hydrogen) atoms. The first-order chi connectivity index (χ1) is 9.66. The lowest BCUT2D eigenvalue weighted by molar-refractivity contribution is -0.904. The van der Waals surface area contributed by atoms with E-state index in [0.717, 1.165) is 25.1 Å². The molecule has 104 valence electrons. The van der Waals surface area contributed by atoms with Crippen molar-refractivity contribution in [2.24, 2.45) is 0 Å². The monoisotopic (exact) mass is 272 g/mol. The molecule has 2 aromatic rings. The Hall–Kier alpha value is -1.71. The second-order valence-corrected chi connectivity index (χ2v) is 5.63. The molecule has 0 bridgehead atoms. The molecule has 2 aromatic carbocycles. The third kappa shape index (κ3) is 2.74. The molecular formula is C17H19FNO+. The first-order valence-corrected chi connectivity index (χ1v) is 7.02. The Bertz CT molecular complexity index is 569. The Labute approximate surface area is 118 Å². The maximum absolute atomic E-state index is 13.0. The molecule has 3 rings (SSSR count). The summed E-state index contributed by atoms with van der Waals surface area (Å²) in [4.78, 5) is 1.36. The zero-order valence-corrected chi connectivity index (χ0v) is 11.3. The molecule has 0 aromatic heterocycles. The van der Waals surface area contributed by atoms with Crippen molar-refractivity contribution < 1.29 is 14.4 Å². The Morgan fingerprint density at radius 3 is 2.45 bits per heavy atom. The summed E-state index contributed by atoms with van der Waals surface area (Å²) < 4.78 is 13.0. The van der Waals surface area contributed by atoms with Gasteiger partial charge in [0.05, 0.1) is 6.54 Å². The van der Waals surface area contributed by atoms with E-state index in [1.165, 1.54) is 22.6 Å². The highest BCUT2D eigenvalue weighted by molar-refractivity contribution is 5.23. The molecule has 0 radical (unpaired) electrons. The summed E-state index contributed by atoms with van der Waals surface area (Å²) in [6.07, 6.45) is 0.723. The van der Waals surface area contributed by atoms with Crippen LogP contribution in [0.15, 0.2) is 54.6 Å². The highest BCUT2D eigenvalue weighted by Gasteiger charge is 2.40. The minimum absolute atomic E-state index is 0.260. The van der Waals surface area contributed by atoms with E-state index in [9.17, 15) is 9.50 Å². The van der Waals surface area contributed by atoms with Crippen LogP contribution in [0.2, 0.25) is 0 Å². The first kappa shape index (κ1) is 13.3. The van der Waals surface area contributed by atoms with E-state index in [1.54, 1.807) is 12.1 Å². The van der Waals surface area contributed by atoms with E-state index in [0.29, 0.717) is 6.54 Å². The number of benzene rings is 2. The summed E-state index contributed by atoms with van der Waals surface area (Å²) in [6.45, 7) is 2.53. The summed E-state index contributed by atoms with van der Waals surface area (Å²) >= 11 is 0. The number of hydrogen-bond donors (Lipinski definition) is 2. The summed E-state index contributed by atoms with van der Waals surface area (Å²) in [7, 11) is 0. The molecule has 0 amide bonds. The van der Waals surface area contributed by atoms with E-state index in [4.69, 9.17) is 0 Å². The maximum Gasteiger partial charge on any atom is 0.144 e. The van der Waals surface area contributed by atoms with Crippen LogP contribution in [0, 0.1) is 5.82 Å². The minimum Gasteiger partial charge on any atom is -0.379 e. The summed E-state index contributed by atoms with van der Waals surface area (Å²) in [5.41, 5.74) is 1.28. The highest BCUT2D eigenvalue weighted by Crippen LogP contribution is 2.26. The Kier molecular flexibility index (Phi) is 3.55. The molecule has 1 saturated heterocycles. The number of nitrogens with one attached hydrogen (secondary N) is 1. The van der Waals surface area contributed by atoms with Crippen molar-refractivity contribution in [2.75, 3.05) is 13.1 Å². The molecule has 2 N–H and O–H groups in total. The molecule has 2 nitrogen and oxygen atoms in total. The third-order valence-corrected chi connectivity index (χ3v) is 4.11. The highest BCUT2D eigenvalue weighted by atomic mass is 19.1. The molecule has 1 heterocycles. The molecule has 2 atom stereocenters. The summed E-state index contributed by atoms with van der Waals surface area (Å²) in [5, 5.41) is 10.8. The van der Waals surface area contributed by atoms with Crippen molar-refractivity contribution in [3.05, 3.63) is 71.5 Å². The normalized spacial score (nSPS) is 25.8. The second-order valence-electron chi connectivity index (χ2n) is 5.63. The predicted molar refractivity (Wildman–Crippen MR) is 75.8 cm³/mol. The van der Waals surface area contributed by atoms with Gasteiger partial charge in [0.15, 0.2) is 0 Å². The Balaban J connectivity index is 1.71. The fraction of sp³-hybridized carbons (Fsp3) is 0.294. The molecule has 0 saturated carbocycles.